The molecule has 1 aliphatic rings. The lowest BCUT2D eigenvalue weighted by molar-refractivity contribution is 0.0681. The summed E-state index contributed by atoms with van der Waals surface area (Å²) in [6, 6.07) is 5.69. The van der Waals surface area contributed by atoms with E-state index in [1.807, 2.05) is 25.1 Å². The number of amides is 1. The number of nitrogens with two attached hydrogens (primary N) is 1. The molecular weight excluding hydrogens is 362 g/mol. The molecule has 2 heterocycles. The van der Waals surface area contributed by atoms with E-state index in [-0.39, 0.29) is 24.4 Å². The predicted molar refractivity (Wildman–Crippen MR) is 101 cm³/mol. The highest BCUT2D eigenvalue weighted by molar-refractivity contribution is 7.09. The summed E-state index contributed by atoms with van der Waals surface area (Å²) in [4.78, 5) is 16.6. The van der Waals surface area contributed by atoms with E-state index in [1.54, 1.807) is 5.38 Å². The Hall–Kier alpha value is -1.67. The fourth-order valence-corrected chi connectivity index (χ4v) is 3.16. The van der Waals surface area contributed by atoms with Crippen LogP contribution in [-0.2, 0) is 11.3 Å². The molecule has 0 saturated carbocycles. The number of rotatable bonds is 6. The molecule has 8 heteroatoms. The second-order valence-electron chi connectivity index (χ2n) is 5.73. The van der Waals surface area contributed by atoms with Crippen molar-refractivity contribution in [2.45, 2.75) is 32.4 Å². The average molecular weight is 384 g/mol. The summed E-state index contributed by atoms with van der Waals surface area (Å²) in [5, 5.41) is 5.31. The molecule has 1 aromatic carbocycles. The molecule has 6 nitrogen and oxygen atoms in total. The van der Waals surface area contributed by atoms with Crippen molar-refractivity contribution < 1.29 is 14.3 Å². The highest BCUT2D eigenvalue weighted by Gasteiger charge is 2.18. The molecular formula is C17H22ClN3O3S. The standard InChI is InChI=1S/C17H21N3O3S.ClH/c1-11-4-5-13(15(7-11)23-9-12-3-2-6-22-12)20-17(21)14-10-24-16(8-18)19-14;/h4-5,7,10,12H,2-3,6,8-9,18H2,1H3,(H,20,21);1H. The second kappa shape index (κ2) is 9.15. The van der Waals surface area contributed by atoms with Crippen LogP contribution in [0.15, 0.2) is 23.6 Å². The zero-order valence-electron chi connectivity index (χ0n) is 14.0. The van der Waals surface area contributed by atoms with E-state index in [4.69, 9.17) is 15.2 Å². The zero-order chi connectivity index (χ0) is 16.9. The quantitative estimate of drug-likeness (QED) is 0.800. The number of aryl methyl sites for hydroxylation is 1. The van der Waals surface area contributed by atoms with Gasteiger partial charge < -0.3 is 20.5 Å². The summed E-state index contributed by atoms with van der Waals surface area (Å²) in [5.74, 6) is 0.380. The number of aromatic nitrogens is 1. The lowest BCUT2D eigenvalue weighted by Gasteiger charge is -2.15. The number of benzene rings is 1. The van der Waals surface area contributed by atoms with E-state index in [0.717, 1.165) is 30.0 Å². The minimum absolute atomic E-state index is 0. The molecule has 3 rings (SSSR count). The first-order chi connectivity index (χ1) is 11.7. The van der Waals surface area contributed by atoms with E-state index in [2.05, 4.69) is 10.3 Å². The Bertz CT molecular complexity index is 717. The van der Waals surface area contributed by atoms with Crippen LogP contribution >= 0.6 is 23.7 Å². The first-order valence-corrected chi connectivity index (χ1v) is 8.84. The molecule has 3 N–H and O–H groups in total. The van der Waals surface area contributed by atoms with Crippen molar-refractivity contribution >= 4 is 35.3 Å². The van der Waals surface area contributed by atoms with Crippen LogP contribution in [0.3, 0.4) is 0 Å². The van der Waals surface area contributed by atoms with Gasteiger partial charge in [0, 0.05) is 18.5 Å². The van der Waals surface area contributed by atoms with Crippen molar-refractivity contribution in [3.05, 3.63) is 39.8 Å². The maximum absolute atomic E-state index is 12.4. The molecule has 25 heavy (non-hydrogen) atoms. The van der Waals surface area contributed by atoms with E-state index < -0.39 is 0 Å². The molecule has 1 saturated heterocycles. The average Bonchev–Trinajstić information content (AvgIpc) is 3.26. The molecule has 1 aromatic heterocycles. The van der Waals surface area contributed by atoms with Crippen LogP contribution in [0, 0.1) is 6.92 Å². The number of nitrogens with one attached hydrogen (secondary N) is 1. The summed E-state index contributed by atoms with van der Waals surface area (Å²) in [6.45, 7) is 3.59. The fourth-order valence-electron chi connectivity index (χ4n) is 2.51. The molecule has 1 atom stereocenters. The Balaban J connectivity index is 0.00000225. The number of nitrogens with zero attached hydrogens (tertiary/aromatic N) is 1. The third-order valence-electron chi connectivity index (χ3n) is 3.79. The molecule has 136 valence electrons. The number of carbonyl (C=O) groups is 1. The number of anilines is 1. The van der Waals surface area contributed by atoms with Gasteiger partial charge in [-0.05, 0) is 37.5 Å². The van der Waals surface area contributed by atoms with Crippen molar-refractivity contribution in [3.63, 3.8) is 0 Å². The molecule has 0 aliphatic carbocycles. The highest BCUT2D eigenvalue weighted by Crippen LogP contribution is 2.27. The number of thiazole rings is 1. The number of hydrogen-bond donors (Lipinski definition) is 2. The SMILES string of the molecule is Cc1ccc(NC(=O)c2csc(CN)n2)c(OCC2CCCO2)c1.Cl. The van der Waals surface area contributed by atoms with Crippen molar-refractivity contribution in [2.75, 3.05) is 18.5 Å². The van der Waals surface area contributed by atoms with Crippen LogP contribution in [0.25, 0.3) is 0 Å². The summed E-state index contributed by atoms with van der Waals surface area (Å²) < 4.78 is 11.5. The van der Waals surface area contributed by atoms with Gasteiger partial charge in [0.1, 0.15) is 23.1 Å². The lowest BCUT2D eigenvalue weighted by Crippen LogP contribution is -2.18. The smallest absolute Gasteiger partial charge is 0.275 e. The summed E-state index contributed by atoms with van der Waals surface area (Å²) in [5.41, 5.74) is 7.60. The number of ether oxygens (including phenoxy) is 2. The number of halogens is 1. The van der Waals surface area contributed by atoms with Gasteiger partial charge in [-0.2, -0.15) is 0 Å². The van der Waals surface area contributed by atoms with Gasteiger partial charge in [0.25, 0.3) is 5.91 Å². The van der Waals surface area contributed by atoms with Gasteiger partial charge in [-0.25, -0.2) is 4.98 Å². The lowest BCUT2D eigenvalue weighted by atomic mass is 10.2. The first kappa shape index (κ1) is 19.7. The van der Waals surface area contributed by atoms with Crippen LogP contribution in [0.1, 0.15) is 33.9 Å². The summed E-state index contributed by atoms with van der Waals surface area (Å²) in [7, 11) is 0. The minimum atomic E-state index is -0.267. The van der Waals surface area contributed by atoms with Gasteiger partial charge in [0.05, 0.1) is 11.8 Å². The highest BCUT2D eigenvalue weighted by atomic mass is 35.5. The second-order valence-corrected chi connectivity index (χ2v) is 6.67. The number of carbonyl (C=O) groups excluding carboxylic acids is 1. The van der Waals surface area contributed by atoms with Crippen molar-refractivity contribution in [1.82, 2.24) is 4.98 Å². The predicted octanol–water partition coefficient (Wildman–Crippen LogP) is 3.14. The van der Waals surface area contributed by atoms with Gasteiger partial charge in [-0.15, -0.1) is 23.7 Å². The summed E-state index contributed by atoms with van der Waals surface area (Å²) >= 11 is 1.38. The van der Waals surface area contributed by atoms with Crippen LogP contribution in [0.2, 0.25) is 0 Å². The Labute approximate surface area is 157 Å². The van der Waals surface area contributed by atoms with Gasteiger partial charge in [-0.1, -0.05) is 6.07 Å². The third kappa shape index (κ3) is 5.15. The molecule has 1 unspecified atom stereocenters. The Kier molecular flexibility index (Phi) is 7.19. The molecule has 1 fully saturated rings. The molecule has 0 bridgehead atoms. The fraction of sp³-hybridized carbons (Fsp3) is 0.412. The molecule has 2 aromatic rings. The maximum Gasteiger partial charge on any atom is 0.275 e. The van der Waals surface area contributed by atoms with E-state index in [0.29, 0.717) is 30.3 Å². The van der Waals surface area contributed by atoms with Crippen LogP contribution < -0.4 is 15.8 Å². The third-order valence-corrected chi connectivity index (χ3v) is 4.66. The summed E-state index contributed by atoms with van der Waals surface area (Å²) in [6.07, 6.45) is 2.20. The molecule has 0 radical (unpaired) electrons. The van der Waals surface area contributed by atoms with Crippen LogP contribution in [-0.4, -0.2) is 30.2 Å². The minimum Gasteiger partial charge on any atom is -0.489 e. The van der Waals surface area contributed by atoms with Crippen molar-refractivity contribution in [2.24, 2.45) is 5.73 Å². The normalized spacial score (nSPS) is 16.3. The van der Waals surface area contributed by atoms with Gasteiger partial charge in [0.2, 0.25) is 0 Å². The van der Waals surface area contributed by atoms with Crippen molar-refractivity contribution in [1.29, 1.82) is 0 Å². The molecule has 1 aliphatic heterocycles. The Morgan fingerprint density at radius 3 is 3.04 bits per heavy atom. The van der Waals surface area contributed by atoms with Crippen molar-refractivity contribution in [3.8, 4) is 5.75 Å². The van der Waals surface area contributed by atoms with Gasteiger partial charge in [-0.3, -0.25) is 4.79 Å². The largest absolute Gasteiger partial charge is 0.489 e. The van der Waals surface area contributed by atoms with Gasteiger partial charge in [0.15, 0.2) is 0 Å². The van der Waals surface area contributed by atoms with Crippen LogP contribution in [0.5, 0.6) is 5.75 Å². The maximum atomic E-state index is 12.4. The first-order valence-electron chi connectivity index (χ1n) is 7.96. The number of hydrogen-bond acceptors (Lipinski definition) is 6. The van der Waals surface area contributed by atoms with Gasteiger partial charge >= 0.3 is 0 Å². The zero-order valence-corrected chi connectivity index (χ0v) is 15.6. The Morgan fingerprint density at radius 1 is 1.52 bits per heavy atom. The van der Waals surface area contributed by atoms with Crippen LogP contribution in [0.4, 0.5) is 5.69 Å². The molecule has 1 amide bonds. The monoisotopic (exact) mass is 383 g/mol. The molecule has 0 spiro atoms. The van der Waals surface area contributed by atoms with E-state index >= 15 is 0 Å². The topological polar surface area (TPSA) is 86.5 Å². The van der Waals surface area contributed by atoms with E-state index in [9.17, 15) is 4.79 Å². The Morgan fingerprint density at radius 2 is 2.36 bits per heavy atom. The van der Waals surface area contributed by atoms with E-state index in [1.165, 1.54) is 11.3 Å².